The normalized spacial score (nSPS) is 17.4. The molecule has 25 heavy (non-hydrogen) atoms. The highest BCUT2D eigenvalue weighted by atomic mass is 16.5. The summed E-state index contributed by atoms with van der Waals surface area (Å²) in [5.74, 6) is 2.84. The van der Waals surface area contributed by atoms with Gasteiger partial charge in [-0.15, -0.1) is 0 Å². The SMILES string of the molecule is CCC1CCCCN1c1cc(NCCc2ccc(OC)cc2)ncn1. The van der Waals surface area contributed by atoms with Gasteiger partial charge in [-0.3, -0.25) is 0 Å². The summed E-state index contributed by atoms with van der Waals surface area (Å²) in [4.78, 5) is 11.3. The average molecular weight is 340 g/mol. The molecule has 1 saturated heterocycles. The summed E-state index contributed by atoms with van der Waals surface area (Å²) in [6, 6.07) is 10.9. The van der Waals surface area contributed by atoms with Crippen LogP contribution in [0.3, 0.4) is 0 Å². The van der Waals surface area contributed by atoms with Gasteiger partial charge in [0.05, 0.1) is 7.11 Å². The Morgan fingerprint density at radius 1 is 1.20 bits per heavy atom. The summed E-state index contributed by atoms with van der Waals surface area (Å²) >= 11 is 0. The van der Waals surface area contributed by atoms with Gasteiger partial charge in [-0.2, -0.15) is 0 Å². The first-order valence-corrected chi connectivity index (χ1v) is 9.25. The summed E-state index contributed by atoms with van der Waals surface area (Å²) in [6.45, 7) is 4.21. The molecule has 1 atom stereocenters. The number of rotatable bonds is 7. The Kier molecular flexibility index (Phi) is 6.09. The number of hydrogen-bond donors (Lipinski definition) is 1. The summed E-state index contributed by atoms with van der Waals surface area (Å²) < 4.78 is 5.19. The Morgan fingerprint density at radius 3 is 2.80 bits per heavy atom. The van der Waals surface area contributed by atoms with E-state index in [1.807, 2.05) is 12.1 Å². The zero-order chi connectivity index (χ0) is 17.5. The molecule has 1 N–H and O–H groups in total. The average Bonchev–Trinajstić information content (AvgIpc) is 2.69. The summed E-state index contributed by atoms with van der Waals surface area (Å²) in [5, 5.41) is 3.43. The van der Waals surface area contributed by atoms with Gasteiger partial charge in [0, 0.05) is 25.2 Å². The molecule has 0 radical (unpaired) electrons. The molecule has 1 aliphatic rings. The molecule has 1 aromatic heterocycles. The Labute approximate surface area is 150 Å². The van der Waals surface area contributed by atoms with Gasteiger partial charge in [-0.05, 0) is 49.8 Å². The van der Waals surface area contributed by atoms with Gasteiger partial charge >= 0.3 is 0 Å². The molecule has 2 aromatic rings. The van der Waals surface area contributed by atoms with Crippen LogP contribution in [0.4, 0.5) is 11.6 Å². The third-order valence-corrected chi connectivity index (χ3v) is 4.92. The highest BCUT2D eigenvalue weighted by molar-refractivity contribution is 5.49. The molecule has 2 heterocycles. The van der Waals surface area contributed by atoms with Gasteiger partial charge in [0.15, 0.2) is 0 Å². The minimum absolute atomic E-state index is 0.607. The minimum atomic E-state index is 0.607. The number of nitrogens with zero attached hydrogens (tertiary/aromatic N) is 3. The Hall–Kier alpha value is -2.30. The van der Waals surface area contributed by atoms with E-state index in [1.54, 1.807) is 13.4 Å². The molecule has 5 nitrogen and oxygen atoms in total. The maximum absolute atomic E-state index is 5.19. The van der Waals surface area contributed by atoms with Crippen LogP contribution in [0.1, 0.15) is 38.2 Å². The van der Waals surface area contributed by atoms with E-state index < -0.39 is 0 Å². The number of piperidine rings is 1. The molecule has 0 aliphatic carbocycles. The molecule has 1 aliphatic heterocycles. The standard InChI is InChI=1S/C20H28N4O/c1-3-17-6-4-5-13-24(17)20-14-19(22-15-23-20)21-12-11-16-7-9-18(25-2)10-8-16/h7-10,14-15,17H,3-6,11-13H2,1-2H3,(H,21,22,23). The number of nitrogens with one attached hydrogen (secondary N) is 1. The molecule has 134 valence electrons. The predicted molar refractivity (Wildman–Crippen MR) is 102 cm³/mol. The molecule has 3 rings (SSSR count). The lowest BCUT2D eigenvalue weighted by Crippen LogP contribution is -2.39. The fraction of sp³-hybridized carbons (Fsp3) is 0.500. The van der Waals surface area contributed by atoms with Crippen molar-refractivity contribution >= 4 is 11.6 Å². The Morgan fingerprint density at radius 2 is 2.04 bits per heavy atom. The Bertz CT molecular complexity index is 659. The van der Waals surface area contributed by atoms with E-state index in [2.05, 4.69) is 45.3 Å². The minimum Gasteiger partial charge on any atom is -0.497 e. The third-order valence-electron chi connectivity index (χ3n) is 4.92. The lowest BCUT2D eigenvalue weighted by atomic mass is 10.0. The molecule has 0 bridgehead atoms. The van der Waals surface area contributed by atoms with Crippen LogP contribution in [-0.4, -0.2) is 36.2 Å². The number of methoxy groups -OCH3 is 1. The van der Waals surface area contributed by atoms with Gasteiger partial charge < -0.3 is 15.0 Å². The number of anilines is 2. The number of benzene rings is 1. The van der Waals surface area contributed by atoms with Crippen molar-refractivity contribution in [3.05, 3.63) is 42.2 Å². The van der Waals surface area contributed by atoms with Crippen LogP contribution >= 0.6 is 0 Å². The molecule has 1 unspecified atom stereocenters. The number of ether oxygens (including phenoxy) is 1. The van der Waals surface area contributed by atoms with E-state index in [9.17, 15) is 0 Å². The van der Waals surface area contributed by atoms with Gasteiger partial charge in [0.2, 0.25) is 0 Å². The fourth-order valence-corrected chi connectivity index (χ4v) is 3.45. The Balaban J connectivity index is 1.57. The van der Waals surface area contributed by atoms with Gasteiger partial charge in [0.1, 0.15) is 23.7 Å². The topological polar surface area (TPSA) is 50.3 Å². The van der Waals surface area contributed by atoms with Gasteiger partial charge in [-0.25, -0.2) is 9.97 Å². The summed E-state index contributed by atoms with van der Waals surface area (Å²) in [7, 11) is 1.69. The van der Waals surface area contributed by atoms with E-state index in [0.717, 1.165) is 36.9 Å². The second-order valence-corrected chi connectivity index (χ2v) is 6.54. The zero-order valence-corrected chi connectivity index (χ0v) is 15.2. The predicted octanol–water partition coefficient (Wildman–Crippen LogP) is 3.91. The highest BCUT2D eigenvalue weighted by Gasteiger charge is 2.22. The molecular weight excluding hydrogens is 312 g/mol. The summed E-state index contributed by atoms with van der Waals surface area (Å²) in [6.07, 6.45) is 7.63. The molecule has 0 saturated carbocycles. The lowest BCUT2D eigenvalue weighted by molar-refractivity contribution is 0.414. The first-order chi connectivity index (χ1) is 12.3. The molecule has 0 spiro atoms. The van der Waals surface area contributed by atoms with Gasteiger partial charge in [0.25, 0.3) is 0 Å². The van der Waals surface area contributed by atoms with E-state index in [0.29, 0.717) is 6.04 Å². The smallest absolute Gasteiger partial charge is 0.134 e. The monoisotopic (exact) mass is 340 g/mol. The van der Waals surface area contributed by atoms with E-state index in [-0.39, 0.29) is 0 Å². The van der Waals surface area contributed by atoms with E-state index in [4.69, 9.17) is 4.74 Å². The first-order valence-electron chi connectivity index (χ1n) is 9.25. The second kappa shape index (κ2) is 8.70. The first kappa shape index (κ1) is 17.5. The van der Waals surface area contributed by atoms with Crippen molar-refractivity contribution in [1.29, 1.82) is 0 Å². The lowest BCUT2D eigenvalue weighted by Gasteiger charge is -2.36. The van der Waals surface area contributed by atoms with Crippen LogP contribution in [0, 0.1) is 0 Å². The second-order valence-electron chi connectivity index (χ2n) is 6.54. The van der Waals surface area contributed by atoms with Gasteiger partial charge in [-0.1, -0.05) is 19.1 Å². The molecule has 1 aromatic carbocycles. The molecule has 0 amide bonds. The van der Waals surface area contributed by atoms with Crippen molar-refractivity contribution in [2.24, 2.45) is 0 Å². The van der Waals surface area contributed by atoms with Crippen molar-refractivity contribution < 1.29 is 4.74 Å². The van der Waals surface area contributed by atoms with Crippen LogP contribution in [0.5, 0.6) is 5.75 Å². The van der Waals surface area contributed by atoms with Crippen molar-refractivity contribution in [1.82, 2.24) is 9.97 Å². The molecule has 1 fully saturated rings. The maximum Gasteiger partial charge on any atom is 0.134 e. The quantitative estimate of drug-likeness (QED) is 0.828. The van der Waals surface area contributed by atoms with Crippen molar-refractivity contribution in [3.63, 3.8) is 0 Å². The zero-order valence-electron chi connectivity index (χ0n) is 15.2. The van der Waals surface area contributed by atoms with Crippen LogP contribution < -0.4 is 15.0 Å². The van der Waals surface area contributed by atoms with Crippen molar-refractivity contribution in [3.8, 4) is 5.75 Å². The third kappa shape index (κ3) is 4.62. The van der Waals surface area contributed by atoms with Crippen molar-refractivity contribution in [2.45, 2.75) is 45.1 Å². The van der Waals surface area contributed by atoms with Crippen molar-refractivity contribution in [2.75, 3.05) is 30.4 Å². The van der Waals surface area contributed by atoms with E-state index >= 15 is 0 Å². The molecular formula is C20H28N4O. The van der Waals surface area contributed by atoms with Crippen LogP contribution in [0.15, 0.2) is 36.7 Å². The summed E-state index contributed by atoms with van der Waals surface area (Å²) in [5.41, 5.74) is 1.28. The van der Waals surface area contributed by atoms with Crippen LogP contribution in [-0.2, 0) is 6.42 Å². The van der Waals surface area contributed by atoms with Crippen LogP contribution in [0.25, 0.3) is 0 Å². The largest absolute Gasteiger partial charge is 0.497 e. The van der Waals surface area contributed by atoms with Crippen LogP contribution in [0.2, 0.25) is 0 Å². The fourth-order valence-electron chi connectivity index (χ4n) is 3.45. The highest BCUT2D eigenvalue weighted by Crippen LogP contribution is 2.25. The number of hydrogen-bond acceptors (Lipinski definition) is 5. The van der Waals surface area contributed by atoms with E-state index in [1.165, 1.54) is 31.2 Å². The maximum atomic E-state index is 5.19. The number of aromatic nitrogens is 2. The molecule has 5 heteroatoms.